The summed E-state index contributed by atoms with van der Waals surface area (Å²) in [5.41, 5.74) is 0.359. The van der Waals surface area contributed by atoms with E-state index in [4.69, 9.17) is 19.3 Å². The van der Waals surface area contributed by atoms with Crippen molar-refractivity contribution in [1.82, 2.24) is 5.32 Å². The first kappa shape index (κ1) is 18.8. The molecule has 0 saturated carbocycles. The third kappa shape index (κ3) is 5.78. The Balaban J connectivity index is 2.80. The molecule has 0 aliphatic carbocycles. The molecule has 0 saturated heterocycles. The first-order chi connectivity index (χ1) is 11.0. The number of hydrogen-bond donors (Lipinski definition) is 2. The van der Waals surface area contributed by atoms with E-state index < -0.39 is 18.0 Å². The Morgan fingerprint density at radius 2 is 1.96 bits per heavy atom. The Morgan fingerprint density at radius 3 is 2.52 bits per heavy atom. The largest absolute Gasteiger partial charge is 0.490 e. The summed E-state index contributed by atoms with van der Waals surface area (Å²) < 4.78 is 15.8. The van der Waals surface area contributed by atoms with Crippen LogP contribution in [0.15, 0.2) is 18.2 Å². The van der Waals surface area contributed by atoms with Crippen molar-refractivity contribution in [3.8, 4) is 11.5 Å². The summed E-state index contributed by atoms with van der Waals surface area (Å²) in [5, 5.41) is 11.4. The molecule has 0 bridgehead atoms. The number of ether oxygens (including phenoxy) is 3. The highest BCUT2D eigenvalue weighted by Crippen LogP contribution is 2.28. The number of carboxylic acids is 1. The zero-order valence-corrected chi connectivity index (χ0v) is 13.6. The van der Waals surface area contributed by atoms with E-state index in [2.05, 4.69) is 5.32 Å². The minimum absolute atomic E-state index is 0.122. The predicted molar refractivity (Wildman–Crippen MR) is 84.2 cm³/mol. The lowest BCUT2D eigenvalue weighted by Crippen LogP contribution is -2.37. The van der Waals surface area contributed by atoms with Crippen LogP contribution in [0.3, 0.4) is 0 Å². The van der Waals surface area contributed by atoms with E-state index in [-0.39, 0.29) is 6.54 Å². The van der Waals surface area contributed by atoms with Crippen LogP contribution in [0.5, 0.6) is 11.5 Å². The molecular formula is C16H23NO6. The van der Waals surface area contributed by atoms with E-state index in [0.29, 0.717) is 30.3 Å². The molecule has 0 radical (unpaired) electrons. The molecule has 7 heteroatoms. The highest BCUT2D eigenvalue weighted by Gasteiger charge is 2.18. The van der Waals surface area contributed by atoms with E-state index in [1.54, 1.807) is 18.2 Å². The minimum Gasteiger partial charge on any atom is -0.490 e. The second-order valence-corrected chi connectivity index (χ2v) is 4.72. The predicted octanol–water partition coefficient (Wildman–Crippen LogP) is 1.70. The maximum absolute atomic E-state index is 12.1. The van der Waals surface area contributed by atoms with Crippen LogP contribution in [0.2, 0.25) is 0 Å². The lowest BCUT2D eigenvalue weighted by atomic mass is 10.2. The number of carbonyl (C=O) groups excluding carboxylic acids is 1. The van der Waals surface area contributed by atoms with Crippen molar-refractivity contribution in [2.24, 2.45) is 0 Å². The van der Waals surface area contributed by atoms with Crippen molar-refractivity contribution >= 4 is 11.9 Å². The first-order valence-corrected chi connectivity index (χ1v) is 7.46. The number of carboxylic acid groups (broad SMARTS) is 1. The zero-order valence-electron chi connectivity index (χ0n) is 13.6. The van der Waals surface area contributed by atoms with Crippen LogP contribution in [-0.4, -0.2) is 50.0 Å². The van der Waals surface area contributed by atoms with Gasteiger partial charge in [-0.25, -0.2) is 4.79 Å². The van der Waals surface area contributed by atoms with E-state index in [9.17, 15) is 9.59 Å². The minimum atomic E-state index is -1.13. The number of carbonyl (C=O) groups is 2. The van der Waals surface area contributed by atoms with Crippen LogP contribution >= 0.6 is 0 Å². The van der Waals surface area contributed by atoms with Gasteiger partial charge in [0, 0.05) is 12.7 Å². The number of aliphatic carboxylic acids is 1. The van der Waals surface area contributed by atoms with Crippen molar-refractivity contribution in [3.63, 3.8) is 0 Å². The van der Waals surface area contributed by atoms with E-state index in [1.807, 2.05) is 13.8 Å². The summed E-state index contributed by atoms with van der Waals surface area (Å²) in [4.78, 5) is 23.0. The van der Waals surface area contributed by atoms with Gasteiger partial charge in [0.2, 0.25) is 0 Å². The number of amides is 1. The zero-order chi connectivity index (χ0) is 17.2. The number of nitrogens with one attached hydrogen (secondary N) is 1. The van der Waals surface area contributed by atoms with E-state index in [1.165, 1.54) is 7.11 Å². The van der Waals surface area contributed by atoms with Crippen molar-refractivity contribution < 1.29 is 28.9 Å². The second kappa shape index (κ2) is 9.68. The summed E-state index contributed by atoms with van der Waals surface area (Å²) in [6.45, 7) is 4.71. The smallest absolute Gasteiger partial charge is 0.334 e. The molecule has 1 rings (SSSR count). The van der Waals surface area contributed by atoms with E-state index >= 15 is 0 Å². The Bertz CT molecular complexity index is 531. The molecule has 7 nitrogen and oxygen atoms in total. The maximum atomic E-state index is 12.1. The average molecular weight is 325 g/mol. The van der Waals surface area contributed by atoms with Gasteiger partial charge in [0.05, 0.1) is 19.8 Å². The fraction of sp³-hybridized carbons (Fsp3) is 0.500. The molecule has 2 N–H and O–H groups in total. The summed E-state index contributed by atoms with van der Waals surface area (Å²) in [5.74, 6) is -0.483. The molecule has 1 atom stereocenters. The van der Waals surface area contributed by atoms with Crippen LogP contribution in [0.25, 0.3) is 0 Å². The van der Waals surface area contributed by atoms with Crippen molar-refractivity contribution in [2.45, 2.75) is 26.4 Å². The lowest BCUT2D eigenvalue weighted by molar-refractivity contribution is -0.148. The van der Waals surface area contributed by atoms with Crippen LogP contribution in [0, 0.1) is 0 Å². The van der Waals surface area contributed by atoms with Gasteiger partial charge in [0.15, 0.2) is 17.6 Å². The Hall–Kier alpha value is -2.28. The van der Waals surface area contributed by atoms with E-state index in [0.717, 1.165) is 6.42 Å². The first-order valence-electron chi connectivity index (χ1n) is 7.46. The molecule has 23 heavy (non-hydrogen) atoms. The molecule has 0 spiro atoms. The average Bonchev–Trinajstić information content (AvgIpc) is 2.54. The molecule has 128 valence electrons. The molecule has 1 unspecified atom stereocenters. The molecule has 1 amide bonds. The van der Waals surface area contributed by atoms with Gasteiger partial charge in [-0.05, 0) is 31.5 Å². The topological polar surface area (TPSA) is 94.1 Å². The third-order valence-electron chi connectivity index (χ3n) is 2.98. The number of rotatable bonds is 10. The normalized spacial score (nSPS) is 11.6. The molecule has 0 heterocycles. The molecule has 1 aromatic carbocycles. The number of benzene rings is 1. The monoisotopic (exact) mass is 325 g/mol. The Kier molecular flexibility index (Phi) is 7.90. The molecule has 0 fully saturated rings. The fourth-order valence-corrected chi connectivity index (χ4v) is 1.81. The van der Waals surface area contributed by atoms with Gasteiger partial charge in [-0.1, -0.05) is 6.92 Å². The van der Waals surface area contributed by atoms with Gasteiger partial charge in [-0.3, -0.25) is 4.79 Å². The van der Waals surface area contributed by atoms with Gasteiger partial charge in [-0.15, -0.1) is 0 Å². The van der Waals surface area contributed by atoms with Crippen molar-refractivity contribution in [1.29, 1.82) is 0 Å². The summed E-state index contributed by atoms with van der Waals surface area (Å²) in [6.07, 6.45) is -0.223. The molecule has 0 aromatic heterocycles. The fourth-order valence-electron chi connectivity index (χ4n) is 1.81. The third-order valence-corrected chi connectivity index (χ3v) is 2.98. The highest BCUT2D eigenvalue weighted by atomic mass is 16.5. The number of hydrogen-bond acceptors (Lipinski definition) is 5. The molecule has 0 aliphatic rings. The second-order valence-electron chi connectivity index (χ2n) is 4.72. The van der Waals surface area contributed by atoms with Crippen LogP contribution in [0.1, 0.15) is 30.6 Å². The van der Waals surface area contributed by atoms with Gasteiger partial charge in [0.25, 0.3) is 5.91 Å². The molecule has 1 aromatic rings. The lowest BCUT2D eigenvalue weighted by Gasteiger charge is -2.14. The quantitative estimate of drug-likeness (QED) is 0.680. The Morgan fingerprint density at radius 1 is 1.22 bits per heavy atom. The van der Waals surface area contributed by atoms with Crippen molar-refractivity contribution in [2.75, 3.05) is 26.9 Å². The standard InChI is InChI=1S/C16H23NO6/c1-4-8-23-12-7-6-11(9-13(12)22-5-2)15(18)17-10-14(21-3)16(19)20/h6-7,9,14H,4-5,8,10H2,1-3H3,(H,17,18)(H,19,20). The molecule has 0 aliphatic heterocycles. The summed E-state index contributed by atoms with van der Waals surface area (Å²) in [7, 11) is 1.28. The summed E-state index contributed by atoms with van der Waals surface area (Å²) in [6, 6.07) is 4.85. The van der Waals surface area contributed by atoms with Crippen LogP contribution in [0.4, 0.5) is 0 Å². The van der Waals surface area contributed by atoms with Crippen LogP contribution in [-0.2, 0) is 9.53 Å². The van der Waals surface area contributed by atoms with Gasteiger partial charge in [-0.2, -0.15) is 0 Å². The van der Waals surface area contributed by atoms with Gasteiger partial charge in [0.1, 0.15) is 0 Å². The van der Waals surface area contributed by atoms with Gasteiger partial charge < -0.3 is 24.6 Å². The van der Waals surface area contributed by atoms with Crippen LogP contribution < -0.4 is 14.8 Å². The SMILES string of the molecule is CCCOc1ccc(C(=O)NCC(OC)C(=O)O)cc1OCC. The summed E-state index contributed by atoms with van der Waals surface area (Å²) >= 11 is 0. The van der Waals surface area contributed by atoms with Gasteiger partial charge >= 0.3 is 5.97 Å². The Labute approximate surface area is 135 Å². The van der Waals surface area contributed by atoms with Crippen molar-refractivity contribution in [3.05, 3.63) is 23.8 Å². The number of methoxy groups -OCH3 is 1. The molecular weight excluding hydrogens is 302 g/mol. The highest BCUT2D eigenvalue weighted by molar-refractivity contribution is 5.95. The maximum Gasteiger partial charge on any atom is 0.334 e.